The first kappa shape index (κ1) is 21.6. The molecule has 1 aliphatic rings. The standard InChI is InChI=1S/C21H14Br2N2O5/c1-3-8-30-18-12(9-13(22)11-17(18)23)10-16-19(26)24-21(28)25(20(16)27)14-4-6-15(29-2)7-5-14/h1,4-7,9-11H,8H2,2H3,(H,24,26,28)/b16-10+. The van der Waals surface area contributed by atoms with Gasteiger partial charge in [-0.05, 0) is 58.4 Å². The number of carbonyl (C=O) groups is 3. The van der Waals surface area contributed by atoms with Crippen molar-refractivity contribution in [2.45, 2.75) is 0 Å². The second kappa shape index (κ2) is 9.15. The molecular weight excluding hydrogens is 520 g/mol. The first-order valence-corrected chi connectivity index (χ1v) is 10.0. The zero-order chi connectivity index (χ0) is 21.8. The third-order valence-corrected chi connectivity index (χ3v) is 5.12. The minimum atomic E-state index is -0.841. The molecule has 7 nitrogen and oxygen atoms in total. The fourth-order valence-corrected chi connectivity index (χ4v) is 4.11. The maximum Gasteiger partial charge on any atom is 0.335 e. The lowest BCUT2D eigenvalue weighted by molar-refractivity contribution is -0.122. The minimum absolute atomic E-state index is 0.00694. The lowest BCUT2D eigenvalue weighted by atomic mass is 10.1. The number of imide groups is 2. The number of barbiturate groups is 1. The van der Waals surface area contributed by atoms with Crippen LogP contribution in [0.4, 0.5) is 10.5 Å². The van der Waals surface area contributed by atoms with E-state index >= 15 is 0 Å². The van der Waals surface area contributed by atoms with E-state index in [1.54, 1.807) is 36.4 Å². The Kier molecular flexibility index (Phi) is 6.59. The highest BCUT2D eigenvalue weighted by atomic mass is 79.9. The average Bonchev–Trinajstić information content (AvgIpc) is 2.70. The Morgan fingerprint density at radius 1 is 1.17 bits per heavy atom. The molecule has 2 aromatic carbocycles. The fraction of sp³-hybridized carbons (Fsp3) is 0.0952. The number of urea groups is 1. The van der Waals surface area contributed by atoms with Crippen molar-refractivity contribution in [1.82, 2.24) is 5.32 Å². The summed E-state index contributed by atoms with van der Waals surface area (Å²) in [6, 6.07) is 8.86. The Labute approximate surface area is 189 Å². The molecule has 0 radical (unpaired) electrons. The van der Waals surface area contributed by atoms with Crippen molar-refractivity contribution in [3.05, 3.63) is 56.5 Å². The van der Waals surface area contributed by atoms with Gasteiger partial charge in [0.25, 0.3) is 11.8 Å². The number of terminal acetylenes is 1. The number of nitrogens with zero attached hydrogens (tertiary/aromatic N) is 1. The van der Waals surface area contributed by atoms with Gasteiger partial charge in [0.05, 0.1) is 17.3 Å². The van der Waals surface area contributed by atoms with Crippen LogP contribution < -0.4 is 19.7 Å². The Morgan fingerprint density at radius 2 is 1.87 bits per heavy atom. The van der Waals surface area contributed by atoms with Crippen LogP contribution in [0.15, 0.2) is 50.9 Å². The summed E-state index contributed by atoms with van der Waals surface area (Å²) in [7, 11) is 1.50. The number of carbonyl (C=O) groups excluding carboxylic acids is 3. The van der Waals surface area contributed by atoms with Gasteiger partial charge in [-0.1, -0.05) is 21.9 Å². The van der Waals surface area contributed by atoms with Crippen molar-refractivity contribution in [1.29, 1.82) is 0 Å². The Hall–Kier alpha value is -3.09. The molecule has 0 bridgehead atoms. The predicted molar refractivity (Wildman–Crippen MR) is 118 cm³/mol. The lowest BCUT2D eigenvalue weighted by Gasteiger charge is -2.26. The molecule has 0 atom stereocenters. The zero-order valence-electron chi connectivity index (χ0n) is 15.6. The van der Waals surface area contributed by atoms with Crippen LogP contribution in [0.25, 0.3) is 6.08 Å². The second-order valence-corrected chi connectivity index (χ2v) is 7.72. The molecule has 1 heterocycles. The molecule has 4 amide bonds. The predicted octanol–water partition coefficient (Wildman–Crippen LogP) is 3.90. The molecule has 1 saturated heterocycles. The van der Waals surface area contributed by atoms with E-state index in [0.717, 1.165) is 4.90 Å². The van der Waals surface area contributed by atoms with Gasteiger partial charge in [-0.15, -0.1) is 6.42 Å². The van der Waals surface area contributed by atoms with Gasteiger partial charge in [-0.25, -0.2) is 9.69 Å². The molecule has 0 unspecified atom stereocenters. The summed E-state index contributed by atoms with van der Waals surface area (Å²) in [5.74, 6) is 1.70. The van der Waals surface area contributed by atoms with Gasteiger partial charge in [-0.2, -0.15) is 0 Å². The third-order valence-electron chi connectivity index (χ3n) is 4.07. The number of nitrogens with one attached hydrogen (secondary N) is 1. The highest BCUT2D eigenvalue weighted by Crippen LogP contribution is 2.35. The molecule has 0 aromatic heterocycles. The van der Waals surface area contributed by atoms with Crippen LogP contribution in [0.1, 0.15) is 5.56 Å². The van der Waals surface area contributed by atoms with Gasteiger partial charge in [0.15, 0.2) is 0 Å². The molecule has 152 valence electrons. The van der Waals surface area contributed by atoms with Crippen molar-refractivity contribution in [2.75, 3.05) is 18.6 Å². The molecule has 2 aromatic rings. The maximum absolute atomic E-state index is 13.0. The summed E-state index contributed by atoms with van der Waals surface area (Å²) in [6.45, 7) is -0.00694. The molecule has 3 rings (SSSR count). The van der Waals surface area contributed by atoms with Crippen LogP contribution in [0.3, 0.4) is 0 Å². The Morgan fingerprint density at radius 3 is 2.50 bits per heavy atom. The van der Waals surface area contributed by atoms with E-state index in [0.29, 0.717) is 26.0 Å². The van der Waals surface area contributed by atoms with Crippen LogP contribution in [-0.2, 0) is 9.59 Å². The molecule has 1 N–H and O–H groups in total. The summed E-state index contributed by atoms with van der Waals surface area (Å²) < 4.78 is 11.9. The summed E-state index contributed by atoms with van der Waals surface area (Å²) in [5, 5.41) is 2.18. The smallest absolute Gasteiger partial charge is 0.335 e. The topological polar surface area (TPSA) is 84.9 Å². The van der Waals surface area contributed by atoms with E-state index in [2.05, 4.69) is 43.1 Å². The quantitative estimate of drug-likeness (QED) is 0.358. The first-order valence-electron chi connectivity index (χ1n) is 8.46. The normalized spacial score (nSPS) is 15.1. The van der Waals surface area contributed by atoms with E-state index in [1.165, 1.54) is 13.2 Å². The number of rotatable bonds is 5. The van der Waals surface area contributed by atoms with Gasteiger partial charge >= 0.3 is 6.03 Å². The SMILES string of the molecule is C#CCOc1c(Br)cc(Br)cc1/C=C1\C(=O)NC(=O)N(c2ccc(OC)cc2)C1=O. The van der Waals surface area contributed by atoms with E-state index < -0.39 is 17.8 Å². The lowest BCUT2D eigenvalue weighted by Crippen LogP contribution is -2.54. The van der Waals surface area contributed by atoms with Crippen molar-refractivity contribution in [3.8, 4) is 23.8 Å². The van der Waals surface area contributed by atoms with Crippen LogP contribution in [0.2, 0.25) is 0 Å². The fourth-order valence-electron chi connectivity index (χ4n) is 2.73. The van der Waals surface area contributed by atoms with Crippen LogP contribution in [0.5, 0.6) is 11.5 Å². The van der Waals surface area contributed by atoms with E-state index in [-0.39, 0.29) is 17.9 Å². The second-order valence-electron chi connectivity index (χ2n) is 5.95. The van der Waals surface area contributed by atoms with Gasteiger partial charge in [0.1, 0.15) is 23.7 Å². The van der Waals surface area contributed by atoms with Crippen molar-refractivity contribution in [3.63, 3.8) is 0 Å². The van der Waals surface area contributed by atoms with Crippen LogP contribution >= 0.6 is 31.9 Å². The van der Waals surface area contributed by atoms with E-state index in [9.17, 15) is 14.4 Å². The summed E-state index contributed by atoms with van der Waals surface area (Å²) in [4.78, 5) is 38.7. The Balaban J connectivity index is 2.05. The largest absolute Gasteiger partial charge is 0.497 e. The van der Waals surface area contributed by atoms with Crippen molar-refractivity contribution >= 4 is 61.5 Å². The van der Waals surface area contributed by atoms with Crippen LogP contribution in [-0.4, -0.2) is 31.6 Å². The summed E-state index contributed by atoms with van der Waals surface area (Å²) in [6.07, 6.45) is 6.62. The van der Waals surface area contributed by atoms with Gasteiger partial charge in [-0.3, -0.25) is 14.9 Å². The van der Waals surface area contributed by atoms with E-state index in [4.69, 9.17) is 15.9 Å². The van der Waals surface area contributed by atoms with Crippen LogP contribution in [0, 0.1) is 12.3 Å². The summed E-state index contributed by atoms with van der Waals surface area (Å²) >= 11 is 6.75. The first-order chi connectivity index (χ1) is 14.3. The van der Waals surface area contributed by atoms with Crippen molar-refractivity contribution in [2.24, 2.45) is 0 Å². The van der Waals surface area contributed by atoms with Gasteiger partial charge < -0.3 is 9.47 Å². The minimum Gasteiger partial charge on any atom is -0.497 e. The number of anilines is 1. The zero-order valence-corrected chi connectivity index (χ0v) is 18.7. The highest BCUT2D eigenvalue weighted by Gasteiger charge is 2.37. The monoisotopic (exact) mass is 532 g/mol. The van der Waals surface area contributed by atoms with Crippen molar-refractivity contribution < 1.29 is 23.9 Å². The maximum atomic E-state index is 13.0. The Bertz CT molecular complexity index is 1100. The number of hydrogen-bond acceptors (Lipinski definition) is 5. The molecule has 1 fully saturated rings. The number of halogens is 2. The van der Waals surface area contributed by atoms with E-state index in [1.807, 2.05) is 0 Å². The van der Waals surface area contributed by atoms with Gasteiger partial charge in [0.2, 0.25) is 0 Å². The number of benzene rings is 2. The molecular formula is C21H14Br2N2O5. The molecule has 0 spiro atoms. The molecule has 9 heteroatoms. The number of methoxy groups -OCH3 is 1. The molecule has 0 aliphatic carbocycles. The molecule has 1 aliphatic heterocycles. The van der Waals surface area contributed by atoms with Gasteiger partial charge in [0, 0.05) is 10.0 Å². The average molecular weight is 534 g/mol. The number of amides is 4. The molecule has 30 heavy (non-hydrogen) atoms. The highest BCUT2D eigenvalue weighted by molar-refractivity contribution is 9.11. The summed E-state index contributed by atoms with van der Waals surface area (Å²) in [5.41, 5.74) is 0.478. The molecule has 0 saturated carbocycles. The number of hydrogen-bond donors (Lipinski definition) is 1. The third kappa shape index (κ3) is 4.40. The number of ether oxygens (including phenoxy) is 2.